The molecular weight excluding hydrogens is 282 g/mol. The molecule has 1 rings (SSSR count). The lowest BCUT2D eigenvalue weighted by Crippen LogP contribution is -2.34. The van der Waals surface area contributed by atoms with E-state index in [4.69, 9.17) is 5.11 Å². The van der Waals surface area contributed by atoms with Crippen molar-refractivity contribution in [2.24, 2.45) is 0 Å². The molecule has 0 saturated heterocycles. The average molecular weight is 307 g/mol. The second-order valence-electron chi connectivity index (χ2n) is 5.27. The molecule has 1 N–H and O–H groups in total. The van der Waals surface area contributed by atoms with Crippen molar-refractivity contribution in [2.75, 3.05) is 26.8 Å². The van der Waals surface area contributed by atoms with Crippen molar-refractivity contribution in [3.63, 3.8) is 0 Å². The SMILES string of the molecule is COC(=O)CCN(CCCO)C(=O)CCc1ccc(C)cc1. The summed E-state index contributed by atoms with van der Waals surface area (Å²) in [6.07, 6.45) is 1.76. The summed E-state index contributed by atoms with van der Waals surface area (Å²) in [5.74, 6) is -0.335. The van der Waals surface area contributed by atoms with Gasteiger partial charge in [-0.1, -0.05) is 29.8 Å². The van der Waals surface area contributed by atoms with E-state index in [0.717, 1.165) is 5.56 Å². The maximum Gasteiger partial charge on any atom is 0.307 e. The first-order valence-corrected chi connectivity index (χ1v) is 7.57. The van der Waals surface area contributed by atoms with Gasteiger partial charge >= 0.3 is 5.97 Å². The minimum Gasteiger partial charge on any atom is -0.469 e. The number of ether oxygens (including phenoxy) is 1. The average Bonchev–Trinajstić information content (AvgIpc) is 2.53. The van der Waals surface area contributed by atoms with E-state index in [1.807, 2.05) is 31.2 Å². The first-order chi connectivity index (χ1) is 10.6. The van der Waals surface area contributed by atoms with Crippen LogP contribution < -0.4 is 0 Å². The Balaban J connectivity index is 2.50. The van der Waals surface area contributed by atoms with Crippen LogP contribution in [-0.4, -0.2) is 48.7 Å². The van der Waals surface area contributed by atoms with Gasteiger partial charge in [0.25, 0.3) is 0 Å². The van der Waals surface area contributed by atoms with E-state index in [1.165, 1.54) is 12.7 Å². The Hall–Kier alpha value is -1.88. The van der Waals surface area contributed by atoms with E-state index in [1.54, 1.807) is 4.90 Å². The summed E-state index contributed by atoms with van der Waals surface area (Å²) in [7, 11) is 1.33. The fourth-order valence-corrected chi connectivity index (χ4v) is 2.12. The van der Waals surface area contributed by atoms with Gasteiger partial charge in [0.15, 0.2) is 0 Å². The summed E-state index contributed by atoms with van der Waals surface area (Å²) in [6, 6.07) is 8.10. The number of hydrogen-bond donors (Lipinski definition) is 1. The number of methoxy groups -OCH3 is 1. The molecule has 5 nitrogen and oxygen atoms in total. The number of aliphatic hydroxyl groups excluding tert-OH is 1. The van der Waals surface area contributed by atoms with Crippen LogP contribution in [0.25, 0.3) is 0 Å². The Morgan fingerprint density at radius 3 is 2.41 bits per heavy atom. The number of rotatable bonds is 9. The molecular formula is C17H25NO4. The molecule has 5 heteroatoms. The summed E-state index contributed by atoms with van der Waals surface area (Å²) < 4.78 is 4.60. The third-order valence-electron chi connectivity index (χ3n) is 3.50. The second-order valence-corrected chi connectivity index (χ2v) is 5.27. The number of carbonyl (C=O) groups is 2. The molecule has 0 radical (unpaired) electrons. The van der Waals surface area contributed by atoms with Crippen LogP contribution in [0.15, 0.2) is 24.3 Å². The Morgan fingerprint density at radius 1 is 1.14 bits per heavy atom. The van der Waals surface area contributed by atoms with E-state index in [9.17, 15) is 9.59 Å². The van der Waals surface area contributed by atoms with E-state index < -0.39 is 0 Å². The highest BCUT2D eigenvalue weighted by Gasteiger charge is 2.14. The molecule has 0 spiro atoms. The molecule has 1 amide bonds. The fourth-order valence-electron chi connectivity index (χ4n) is 2.12. The van der Waals surface area contributed by atoms with Gasteiger partial charge in [-0.2, -0.15) is 0 Å². The van der Waals surface area contributed by atoms with Crippen LogP contribution >= 0.6 is 0 Å². The molecule has 0 aromatic heterocycles. The highest BCUT2D eigenvalue weighted by molar-refractivity contribution is 5.77. The first-order valence-electron chi connectivity index (χ1n) is 7.57. The van der Waals surface area contributed by atoms with Crippen molar-refractivity contribution in [2.45, 2.75) is 32.6 Å². The zero-order valence-corrected chi connectivity index (χ0v) is 13.4. The van der Waals surface area contributed by atoms with Crippen LogP contribution in [0.4, 0.5) is 0 Å². The Labute approximate surface area is 131 Å². The molecule has 0 aliphatic heterocycles. The van der Waals surface area contributed by atoms with Gasteiger partial charge in [-0.3, -0.25) is 9.59 Å². The molecule has 0 fully saturated rings. The number of esters is 1. The monoisotopic (exact) mass is 307 g/mol. The molecule has 0 unspecified atom stereocenters. The lowest BCUT2D eigenvalue weighted by molar-refractivity contribution is -0.141. The fraction of sp³-hybridized carbons (Fsp3) is 0.529. The molecule has 0 aliphatic carbocycles. The van der Waals surface area contributed by atoms with Crippen LogP contribution in [0.2, 0.25) is 0 Å². The number of amides is 1. The minimum absolute atomic E-state index is 0.00192. The summed E-state index contributed by atoms with van der Waals surface area (Å²) >= 11 is 0. The van der Waals surface area contributed by atoms with Crippen molar-refractivity contribution >= 4 is 11.9 Å². The Morgan fingerprint density at radius 2 is 1.82 bits per heavy atom. The molecule has 22 heavy (non-hydrogen) atoms. The van der Waals surface area contributed by atoms with Crippen LogP contribution in [-0.2, 0) is 20.7 Å². The summed E-state index contributed by atoms with van der Waals surface area (Å²) in [4.78, 5) is 25.1. The van der Waals surface area contributed by atoms with Gasteiger partial charge in [0, 0.05) is 26.1 Å². The van der Waals surface area contributed by atoms with Gasteiger partial charge in [0.1, 0.15) is 0 Å². The maximum atomic E-state index is 12.3. The third-order valence-corrected chi connectivity index (χ3v) is 3.50. The number of nitrogens with zero attached hydrogens (tertiary/aromatic N) is 1. The number of aryl methyl sites for hydroxylation is 2. The van der Waals surface area contributed by atoms with Gasteiger partial charge in [-0.15, -0.1) is 0 Å². The van der Waals surface area contributed by atoms with Gasteiger partial charge < -0.3 is 14.7 Å². The topological polar surface area (TPSA) is 66.8 Å². The molecule has 1 aromatic rings. The van der Waals surface area contributed by atoms with Crippen molar-refractivity contribution in [3.05, 3.63) is 35.4 Å². The summed E-state index contributed by atoms with van der Waals surface area (Å²) in [5.41, 5.74) is 2.31. The van der Waals surface area contributed by atoms with Crippen LogP contribution in [0, 0.1) is 6.92 Å². The quantitative estimate of drug-likeness (QED) is 0.705. The highest BCUT2D eigenvalue weighted by Crippen LogP contribution is 2.08. The van der Waals surface area contributed by atoms with Crippen LogP contribution in [0.3, 0.4) is 0 Å². The minimum atomic E-state index is -0.333. The van der Waals surface area contributed by atoms with Gasteiger partial charge in [0.2, 0.25) is 5.91 Å². The maximum absolute atomic E-state index is 12.3. The Kier molecular flexibility index (Phi) is 8.22. The smallest absolute Gasteiger partial charge is 0.307 e. The molecule has 0 aliphatic rings. The third kappa shape index (κ3) is 6.72. The Bertz CT molecular complexity index is 470. The predicted octanol–water partition coefficient (Wildman–Crippen LogP) is 1.70. The van der Waals surface area contributed by atoms with Crippen molar-refractivity contribution < 1.29 is 19.4 Å². The van der Waals surface area contributed by atoms with Crippen molar-refractivity contribution in [3.8, 4) is 0 Å². The van der Waals surface area contributed by atoms with E-state index in [-0.39, 0.29) is 24.9 Å². The second kappa shape index (κ2) is 9.95. The normalized spacial score (nSPS) is 10.3. The van der Waals surface area contributed by atoms with Gasteiger partial charge in [-0.05, 0) is 25.3 Å². The molecule has 0 heterocycles. The number of hydrogen-bond acceptors (Lipinski definition) is 4. The number of benzene rings is 1. The van der Waals surface area contributed by atoms with Crippen molar-refractivity contribution in [1.29, 1.82) is 0 Å². The summed E-state index contributed by atoms with van der Waals surface area (Å²) in [5, 5.41) is 8.92. The van der Waals surface area contributed by atoms with E-state index in [0.29, 0.717) is 32.4 Å². The van der Waals surface area contributed by atoms with E-state index >= 15 is 0 Å². The molecule has 1 aromatic carbocycles. The van der Waals surface area contributed by atoms with Crippen LogP contribution in [0.1, 0.15) is 30.4 Å². The van der Waals surface area contributed by atoms with Gasteiger partial charge in [-0.25, -0.2) is 0 Å². The predicted molar refractivity (Wildman–Crippen MR) is 84.4 cm³/mol. The molecule has 0 bridgehead atoms. The standard InChI is InChI=1S/C17H25NO4/c1-14-4-6-15(7-5-14)8-9-16(20)18(11-3-13-19)12-10-17(21)22-2/h4-7,19H,3,8-13H2,1-2H3. The molecule has 0 saturated carbocycles. The summed E-state index contributed by atoms with van der Waals surface area (Å²) in [6.45, 7) is 2.85. The van der Waals surface area contributed by atoms with E-state index in [2.05, 4.69) is 4.74 Å². The zero-order chi connectivity index (χ0) is 16.4. The largest absolute Gasteiger partial charge is 0.469 e. The number of carbonyl (C=O) groups excluding carboxylic acids is 2. The van der Waals surface area contributed by atoms with Crippen molar-refractivity contribution in [1.82, 2.24) is 4.90 Å². The lowest BCUT2D eigenvalue weighted by atomic mass is 10.1. The van der Waals surface area contributed by atoms with Gasteiger partial charge in [0.05, 0.1) is 13.5 Å². The highest BCUT2D eigenvalue weighted by atomic mass is 16.5. The molecule has 122 valence electrons. The lowest BCUT2D eigenvalue weighted by Gasteiger charge is -2.22. The first kappa shape index (κ1) is 18.2. The number of aliphatic hydroxyl groups is 1. The van der Waals surface area contributed by atoms with Crippen LogP contribution in [0.5, 0.6) is 0 Å². The zero-order valence-electron chi connectivity index (χ0n) is 13.4. The molecule has 0 atom stereocenters.